The third-order valence-electron chi connectivity index (χ3n) is 5.26. The molecular weight excluding hydrogens is 340 g/mol. The summed E-state index contributed by atoms with van der Waals surface area (Å²) in [5.74, 6) is 0.473. The summed E-state index contributed by atoms with van der Waals surface area (Å²) < 4.78 is 1.84. The summed E-state index contributed by atoms with van der Waals surface area (Å²) in [7, 11) is 0. The molecule has 2 aromatic heterocycles. The van der Waals surface area contributed by atoms with Crippen molar-refractivity contribution in [2.75, 3.05) is 13.1 Å². The van der Waals surface area contributed by atoms with Crippen molar-refractivity contribution in [2.45, 2.75) is 38.6 Å². The van der Waals surface area contributed by atoms with Crippen LogP contribution in [0.2, 0.25) is 0 Å². The molecule has 1 amide bonds. The number of nitrogens with zero attached hydrogens (tertiary/aromatic N) is 5. The van der Waals surface area contributed by atoms with Gasteiger partial charge in [-0.2, -0.15) is 5.10 Å². The topological polar surface area (TPSA) is 79.7 Å². The molecule has 1 aliphatic rings. The molecule has 7 heteroatoms. The molecule has 1 atom stereocenters. The van der Waals surface area contributed by atoms with Crippen LogP contribution in [0.15, 0.2) is 43.1 Å². The number of carbonyl (C=O) groups is 1. The summed E-state index contributed by atoms with van der Waals surface area (Å²) >= 11 is 0. The van der Waals surface area contributed by atoms with Crippen molar-refractivity contribution in [3.05, 3.63) is 54.4 Å². The molecule has 3 heterocycles. The van der Waals surface area contributed by atoms with E-state index in [0.29, 0.717) is 13.0 Å². The third kappa shape index (κ3) is 3.92. The average molecular weight is 364 g/mol. The van der Waals surface area contributed by atoms with Gasteiger partial charge in [-0.05, 0) is 25.3 Å². The largest absolute Gasteiger partial charge is 0.342 e. The number of piperidine rings is 1. The van der Waals surface area contributed by atoms with Gasteiger partial charge < -0.3 is 9.47 Å². The number of rotatable bonds is 5. The monoisotopic (exact) mass is 364 g/mol. The maximum Gasteiger partial charge on any atom is 0.224 e. The zero-order valence-electron chi connectivity index (χ0n) is 15.5. The smallest absolute Gasteiger partial charge is 0.224 e. The molecule has 1 saturated heterocycles. The van der Waals surface area contributed by atoms with Gasteiger partial charge in [-0.3, -0.25) is 9.89 Å². The first kappa shape index (κ1) is 17.5. The molecule has 0 saturated carbocycles. The number of nitrogens with one attached hydrogen (secondary N) is 1. The molecule has 4 rings (SSSR count). The van der Waals surface area contributed by atoms with Crippen molar-refractivity contribution >= 4 is 5.91 Å². The van der Waals surface area contributed by atoms with E-state index in [1.807, 2.05) is 15.7 Å². The van der Waals surface area contributed by atoms with Crippen molar-refractivity contribution < 1.29 is 4.79 Å². The van der Waals surface area contributed by atoms with E-state index in [1.165, 1.54) is 11.1 Å². The molecule has 1 fully saturated rings. The predicted octanol–water partition coefficient (Wildman–Crippen LogP) is 2.77. The first-order valence-corrected chi connectivity index (χ1v) is 9.41. The van der Waals surface area contributed by atoms with Crippen molar-refractivity contribution in [3.63, 3.8) is 0 Å². The normalized spacial score (nSPS) is 17.2. The predicted molar refractivity (Wildman–Crippen MR) is 102 cm³/mol. The van der Waals surface area contributed by atoms with E-state index < -0.39 is 0 Å². The Morgan fingerprint density at radius 2 is 2.00 bits per heavy atom. The fourth-order valence-electron chi connectivity index (χ4n) is 3.73. The molecule has 0 unspecified atom stereocenters. The Morgan fingerprint density at radius 1 is 1.22 bits per heavy atom. The first-order valence-electron chi connectivity index (χ1n) is 9.41. The van der Waals surface area contributed by atoms with Crippen LogP contribution in [0.4, 0.5) is 0 Å². The quantitative estimate of drug-likeness (QED) is 0.755. The van der Waals surface area contributed by atoms with Gasteiger partial charge in [0.2, 0.25) is 5.91 Å². The van der Waals surface area contributed by atoms with E-state index in [0.717, 1.165) is 37.2 Å². The Kier molecular flexibility index (Phi) is 5.00. The SMILES string of the molecule is Cc1ccc(-c2cn[nH]c2[C@H]2CCCN(C(=O)CCn3cnnc3)C2)cc1. The minimum Gasteiger partial charge on any atom is -0.342 e. The fourth-order valence-corrected chi connectivity index (χ4v) is 3.73. The Morgan fingerprint density at radius 3 is 2.78 bits per heavy atom. The van der Waals surface area contributed by atoms with Crippen LogP contribution in [-0.2, 0) is 11.3 Å². The standard InChI is InChI=1S/C20H24N6O/c1-15-4-6-16(7-5-15)18-11-21-24-20(18)17-3-2-9-26(12-17)19(27)8-10-25-13-22-23-14-25/h4-7,11,13-14,17H,2-3,8-10,12H2,1H3,(H,21,24)/t17-/m0/s1. The number of likely N-dealkylation sites (tertiary alicyclic amines) is 1. The summed E-state index contributed by atoms with van der Waals surface area (Å²) in [6.45, 7) is 4.27. The van der Waals surface area contributed by atoms with Crippen LogP contribution in [-0.4, -0.2) is 48.9 Å². The molecule has 140 valence electrons. The highest BCUT2D eigenvalue weighted by atomic mass is 16.2. The van der Waals surface area contributed by atoms with Gasteiger partial charge in [0.25, 0.3) is 0 Å². The highest BCUT2D eigenvalue weighted by molar-refractivity contribution is 5.76. The number of carbonyl (C=O) groups excluding carboxylic acids is 1. The van der Waals surface area contributed by atoms with Gasteiger partial charge in [0.15, 0.2) is 0 Å². The fraction of sp³-hybridized carbons (Fsp3) is 0.400. The third-order valence-corrected chi connectivity index (χ3v) is 5.26. The summed E-state index contributed by atoms with van der Waals surface area (Å²) in [5, 5.41) is 15.0. The number of hydrogen-bond acceptors (Lipinski definition) is 4. The number of hydrogen-bond donors (Lipinski definition) is 1. The Labute approximate surface area is 158 Å². The maximum absolute atomic E-state index is 12.6. The molecule has 0 bridgehead atoms. The lowest BCUT2D eigenvalue weighted by atomic mass is 9.90. The van der Waals surface area contributed by atoms with Crippen LogP contribution in [0.5, 0.6) is 0 Å². The number of benzene rings is 1. The first-order chi connectivity index (χ1) is 13.2. The van der Waals surface area contributed by atoms with E-state index in [1.54, 1.807) is 12.7 Å². The number of amides is 1. The Bertz CT molecular complexity index is 884. The van der Waals surface area contributed by atoms with Crippen LogP contribution in [0.25, 0.3) is 11.1 Å². The lowest BCUT2D eigenvalue weighted by molar-refractivity contribution is -0.132. The van der Waals surface area contributed by atoms with E-state index in [-0.39, 0.29) is 11.8 Å². The van der Waals surface area contributed by atoms with E-state index in [9.17, 15) is 4.79 Å². The zero-order chi connectivity index (χ0) is 18.6. The molecule has 7 nitrogen and oxygen atoms in total. The van der Waals surface area contributed by atoms with Gasteiger partial charge in [0.1, 0.15) is 12.7 Å². The van der Waals surface area contributed by atoms with Crippen LogP contribution >= 0.6 is 0 Å². The van der Waals surface area contributed by atoms with Gasteiger partial charge in [0, 0.05) is 43.2 Å². The Balaban J connectivity index is 1.45. The highest BCUT2D eigenvalue weighted by Crippen LogP contribution is 2.33. The summed E-state index contributed by atoms with van der Waals surface area (Å²) in [4.78, 5) is 14.6. The van der Waals surface area contributed by atoms with Crippen molar-refractivity contribution in [3.8, 4) is 11.1 Å². The van der Waals surface area contributed by atoms with Gasteiger partial charge in [-0.15, -0.1) is 10.2 Å². The second kappa shape index (κ2) is 7.73. The second-order valence-electron chi connectivity index (χ2n) is 7.19. The van der Waals surface area contributed by atoms with E-state index >= 15 is 0 Å². The van der Waals surface area contributed by atoms with Gasteiger partial charge in [-0.1, -0.05) is 29.8 Å². The molecule has 0 aliphatic carbocycles. The van der Waals surface area contributed by atoms with Crippen LogP contribution in [0, 0.1) is 6.92 Å². The molecule has 0 radical (unpaired) electrons. The molecule has 3 aromatic rings. The van der Waals surface area contributed by atoms with Crippen LogP contribution in [0.3, 0.4) is 0 Å². The summed E-state index contributed by atoms with van der Waals surface area (Å²) in [6.07, 6.45) is 7.73. The van der Waals surface area contributed by atoms with E-state index in [4.69, 9.17) is 0 Å². The molecule has 1 N–H and O–H groups in total. The summed E-state index contributed by atoms with van der Waals surface area (Å²) in [5.41, 5.74) is 4.68. The van der Waals surface area contributed by atoms with Gasteiger partial charge >= 0.3 is 0 Å². The minimum atomic E-state index is 0.185. The number of H-pyrrole nitrogens is 1. The number of aromatic nitrogens is 5. The highest BCUT2D eigenvalue weighted by Gasteiger charge is 2.27. The molecule has 1 aromatic carbocycles. The molecule has 27 heavy (non-hydrogen) atoms. The zero-order valence-corrected chi connectivity index (χ0v) is 15.5. The van der Waals surface area contributed by atoms with Crippen molar-refractivity contribution in [1.82, 2.24) is 29.9 Å². The second-order valence-corrected chi connectivity index (χ2v) is 7.19. The van der Waals surface area contributed by atoms with Gasteiger partial charge in [0.05, 0.1) is 6.20 Å². The number of aryl methyl sites for hydroxylation is 2. The van der Waals surface area contributed by atoms with Crippen molar-refractivity contribution in [1.29, 1.82) is 0 Å². The lowest BCUT2D eigenvalue weighted by Gasteiger charge is -2.33. The number of aromatic amines is 1. The Hall–Kier alpha value is -2.96. The van der Waals surface area contributed by atoms with Crippen molar-refractivity contribution in [2.24, 2.45) is 0 Å². The maximum atomic E-state index is 12.6. The van der Waals surface area contributed by atoms with Crippen LogP contribution in [0.1, 0.15) is 36.4 Å². The molecule has 0 spiro atoms. The minimum absolute atomic E-state index is 0.185. The average Bonchev–Trinajstić information content (AvgIpc) is 3.39. The molecular formula is C20H24N6O. The van der Waals surface area contributed by atoms with Gasteiger partial charge in [-0.25, -0.2) is 0 Å². The van der Waals surface area contributed by atoms with E-state index in [2.05, 4.69) is 51.6 Å². The summed E-state index contributed by atoms with van der Waals surface area (Å²) in [6, 6.07) is 8.50. The molecule has 1 aliphatic heterocycles. The lowest BCUT2D eigenvalue weighted by Crippen LogP contribution is -2.39. The van der Waals surface area contributed by atoms with Crippen LogP contribution < -0.4 is 0 Å².